The molecule has 2 rings (SSSR count). The van der Waals surface area contributed by atoms with E-state index in [4.69, 9.17) is 27.9 Å². The van der Waals surface area contributed by atoms with Crippen LogP contribution in [-0.2, 0) is 4.79 Å². The van der Waals surface area contributed by atoms with E-state index in [0.717, 1.165) is 0 Å². The molecule has 0 fully saturated rings. The standard InChI is InChI=1S/C12H10Cl2N4O2/c13-8-1-2-11(10(14)3-8)20-6-12(19)18-17-5-9-4-15-7-16-9/h1-5,7H,6H2,(H,15,16)(H,18,19)/b17-5-. The summed E-state index contributed by atoms with van der Waals surface area (Å²) in [5.41, 5.74) is 2.98. The van der Waals surface area contributed by atoms with E-state index in [0.29, 0.717) is 21.5 Å². The third kappa shape index (κ3) is 4.25. The third-order valence-electron chi connectivity index (χ3n) is 2.16. The van der Waals surface area contributed by atoms with E-state index in [1.165, 1.54) is 18.6 Å². The predicted octanol–water partition coefficient (Wildman–Crippen LogP) is 2.25. The van der Waals surface area contributed by atoms with Gasteiger partial charge in [0.1, 0.15) is 5.75 Å². The monoisotopic (exact) mass is 312 g/mol. The second-order valence-corrected chi connectivity index (χ2v) is 4.51. The van der Waals surface area contributed by atoms with Gasteiger partial charge in [0.15, 0.2) is 6.61 Å². The minimum atomic E-state index is -0.410. The first kappa shape index (κ1) is 14.4. The Bertz CT molecular complexity index is 614. The average Bonchev–Trinajstić information content (AvgIpc) is 2.91. The molecule has 0 unspecified atom stereocenters. The van der Waals surface area contributed by atoms with Gasteiger partial charge in [-0.1, -0.05) is 23.2 Å². The highest BCUT2D eigenvalue weighted by molar-refractivity contribution is 6.35. The van der Waals surface area contributed by atoms with E-state index in [9.17, 15) is 4.79 Å². The van der Waals surface area contributed by atoms with Gasteiger partial charge in [-0.05, 0) is 18.2 Å². The van der Waals surface area contributed by atoms with Crippen molar-refractivity contribution >= 4 is 35.3 Å². The van der Waals surface area contributed by atoms with Gasteiger partial charge in [-0.25, -0.2) is 10.4 Å². The first-order valence-corrected chi connectivity index (χ1v) is 6.29. The fourth-order valence-corrected chi connectivity index (χ4v) is 1.74. The van der Waals surface area contributed by atoms with Crippen LogP contribution in [0.2, 0.25) is 10.0 Å². The first-order chi connectivity index (χ1) is 9.65. The van der Waals surface area contributed by atoms with E-state index in [2.05, 4.69) is 20.5 Å². The molecule has 0 bridgehead atoms. The molecule has 0 radical (unpaired) electrons. The minimum Gasteiger partial charge on any atom is -0.482 e. The number of carbonyl (C=O) groups is 1. The van der Waals surface area contributed by atoms with Crippen LogP contribution >= 0.6 is 23.2 Å². The highest BCUT2D eigenvalue weighted by Crippen LogP contribution is 2.27. The molecule has 1 heterocycles. The van der Waals surface area contributed by atoms with Crippen molar-refractivity contribution in [3.63, 3.8) is 0 Å². The van der Waals surface area contributed by atoms with Gasteiger partial charge < -0.3 is 9.72 Å². The highest BCUT2D eigenvalue weighted by Gasteiger charge is 2.05. The molecule has 0 saturated carbocycles. The van der Waals surface area contributed by atoms with E-state index < -0.39 is 5.91 Å². The van der Waals surface area contributed by atoms with Gasteiger partial charge in [-0.3, -0.25) is 4.79 Å². The number of ether oxygens (including phenoxy) is 1. The summed E-state index contributed by atoms with van der Waals surface area (Å²) < 4.78 is 5.24. The van der Waals surface area contributed by atoms with Crippen LogP contribution in [0, 0.1) is 0 Å². The summed E-state index contributed by atoms with van der Waals surface area (Å²) >= 11 is 11.7. The van der Waals surface area contributed by atoms with Crippen molar-refractivity contribution in [2.45, 2.75) is 0 Å². The molecule has 2 aromatic rings. The van der Waals surface area contributed by atoms with Gasteiger partial charge in [-0.2, -0.15) is 5.10 Å². The average molecular weight is 313 g/mol. The number of aromatic nitrogens is 2. The van der Waals surface area contributed by atoms with E-state index in [-0.39, 0.29) is 6.61 Å². The summed E-state index contributed by atoms with van der Waals surface area (Å²) in [6.07, 6.45) is 4.51. The third-order valence-corrected chi connectivity index (χ3v) is 2.70. The molecular formula is C12H10Cl2N4O2. The van der Waals surface area contributed by atoms with Gasteiger partial charge in [-0.15, -0.1) is 0 Å². The number of hydrazone groups is 1. The number of hydrogen-bond acceptors (Lipinski definition) is 4. The summed E-state index contributed by atoms with van der Waals surface area (Å²) in [5.74, 6) is -0.0319. The van der Waals surface area contributed by atoms with Crippen LogP contribution in [-0.4, -0.2) is 28.7 Å². The fraction of sp³-hybridized carbons (Fsp3) is 0.0833. The van der Waals surface area contributed by atoms with Crippen molar-refractivity contribution in [2.24, 2.45) is 5.10 Å². The van der Waals surface area contributed by atoms with Crippen molar-refractivity contribution in [1.82, 2.24) is 15.4 Å². The van der Waals surface area contributed by atoms with Crippen LogP contribution < -0.4 is 10.2 Å². The van der Waals surface area contributed by atoms with Crippen LogP contribution in [0.5, 0.6) is 5.75 Å². The molecule has 6 nitrogen and oxygen atoms in total. The number of carbonyl (C=O) groups excluding carboxylic acids is 1. The topological polar surface area (TPSA) is 79.4 Å². The predicted molar refractivity (Wildman–Crippen MR) is 76.3 cm³/mol. The van der Waals surface area contributed by atoms with Crippen LogP contribution in [0.3, 0.4) is 0 Å². The number of imidazole rings is 1. The number of aromatic amines is 1. The lowest BCUT2D eigenvalue weighted by Crippen LogP contribution is -2.24. The normalized spacial score (nSPS) is 10.7. The second kappa shape index (κ2) is 6.93. The number of nitrogens with one attached hydrogen (secondary N) is 2. The van der Waals surface area contributed by atoms with Crippen molar-refractivity contribution < 1.29 is 9.53 Å². The van der Waals surface area contributed by atoms with E-state index in [1.807, 2.05) is 0 Å². The molecule has 0 spiro atoms. The van der Waals surface area contributed by atoms with Gasteiger partial charge in [0.25, 0.3) is 5.91 Å². The highest BCUT2D eigenvalue weighted by atomic mass is 35.5. The number of nitrogens with zero attached hydrogens (tertiary/aromatic N) is 2. The summed E-state index contributed by atoms with van der Waals surface area (Å²) in [6.45, 7) is -0.207. The minimum absolute atomic E-state index is 0.207. The zero-order valence-corrected chi connectivity index (χ0v) is 11.6. The summed E-state index contributed by atoms with van der Waals surface area (Å²) in [4.78, 5) is 18.1. The maximum absolute atomic E-state index is 11.5. The molecular weight excluding hydrogens is 303 g/mol. The second-order valence-electron chi connectivity index (χ2n) is 3.66. The Morgan fingerprint density at radius 1 is 1.50 bits per heavy atom. The fourth-order valence-electron chi connectivity index (χ4n) is 1.28. The molecule has 0 aliphatic heterocycles. The lowest BCUT2D eigenvalue weighted by Gasteiger charge is -2.06. The molecule has 0 aliphatic carbocycles. The number of benzene rings is 1. The molecule has 1 aromatic carbocycles. The van der Waals surface area contributed by atoms with Crippen LogP contribution in [0.25, 0.3) is 0 Å². The Kier molecular flexibility index (Phi) is 4.97. The smallest absolute Gasteiger partial charge is 0.277 e. The zero-order valence-electron chi connectivity index (χ0n) is 10.1. The molecule has 20 heavy (non-hydrogen) atoms. The SMILES string of the molecule is O=C(COc1ccc(Cl)cc1Cl)N/N=C\c1cnc[nH]1. The molecule has 2 N–H and O–H groups in total. The number of rotatable bonds is 5. The summed E-state index contributed by atoms with van der Waals surface area (Å²) in [5, 5.41) is 4.57. The van der Waals surface area contributed by atoms with Gasteiger partial charge >= 0.3 is 0 Å². The molecule has 1 aromatic heterocycles. The quantitative estimate of drug-likeness (QED) is 0.656. The van der Waals surface area contributed by atoms with Gasteiger partial charge in [0.05, 0.1) is 29.5 Å². The maximum Gasteiger partial charge on any atom is 0.277 e. The molecule has 104 valence electrons. The number of halogens is 2. The Labute approximate surface area is 124 Å². The molecule has 0 atom stereocenters. The number of hydrogen-bond donors (Lipinski definition) is 2. The van der Waals surface area contributed by atoms with Gasteiger partial charge in [0.2, 0.25) is 0 Å². The maximum atomic E-state index is 11.5. The molecule has 0 saturated heterocycles. The van der Waals surface area contributed by atoms with Crippen molar-refractivity contribution in [3.05, 3.63) is 46.5 Å². The largest absolute Gasteiger partial charge is 0.482 e. The molecule has 1 amide bonds. The Hall–Kier alpha value is -2.05. The Morgan fingerprint density at radius 3 is 3.05 bits per heavy atom. The lowest BCUT2D eigenvalue weighted by molar-refractivity contribution is -0.123. The first-order valence-electron chi connectivity index (χ1n) is 5.53. The van der Waals surface area contributed by atoms with Crippen molar-refractivity contribution in [1.29, 1.82) is 0 Å². The van der Waals surface area contributed by atoms with E-state index >= 15 is 0 Å². The number of amides is 1. The Balaban J connectivity index is 1.80. The molecule has 0 aliphatic rings. The van der Waals surface area contributed by atoms with Crippen LogP contribution in [0.4, 0.5) is 0 Å². The summed E-state index contributed by atoms with van der Waals surface area (Å²) in [6, 6.07) is 4.75. The van der Waals surface area contributed by atoms with Crippen LogP contribution in [0.1, 0.15) is 5.69 Å². The van der Waals surface area contributed by atoms with E-state index in [1.54, 1.807) is 18.3 Å². The summed E-state index contributed by atoms with van der Waals surface area (Å²) in [7, 11) is 0. The zero-order chi connectivity index (χ0) is 14.4. The van der Waals surface area contributed by atoms with Crippen molar-refractivity contribution in [3.8, 4) is 5.75 Å². The van der Waals surface area contributed by atoms with Crippen molar-refractivity contribution in [2.75, 3.05) is 6.61 Å². The lowest BCUT2D eigenvalue weighted by atomic mass is 10.3. The van der Waals surface area contributed by atoms with Gasteiger partial charge in [0, 0.05) is 5.02 Å². The van der Waals surface area contributed by atoms with Crippen LogP contribution in [0.15, 0.2) is 35.8 Å². The Morgan fingerprint density at radius 2 is 2.35 bits per heavy atom. The molecule has 8 heteroatoms. The number of H-pyrrole nitrogens is 1.